The molecule has 0 N–H and O–H groups in total. The minimum atomic E-state index is -0.239. The Kier molecular flexibility index (Phi) is 4.15. The molecule has 0 aromatic heterocycles. The minimum absolute atomic E-state index is 0.239. The second kappa shape index (κ2) is 4.16. The van der Waals surface area contributed by atoms with Crippen LogP contribution in [0.15, 0.2) is 0 Å². The van der Waals surface area contributed by atoms with E-state index in [0.717, 1.165) is 0 Å². The maximum absolute atomic E-state index is 10.1. The predicted molar refractivity (Wildman–Crippen MR) is 30.7 cm³/mol. The summed E-state index contributed by atoms with van der Waals surface area (Å²) in [6.07, 6.45) is 0.406. The van der Waals surface area contributed by atoms with Crippen LogP contribution in [0.1, 0.15) is 13.3 Å². The van der Waals surface area contributed by atoms with Crippen LogP contribution in [0.3, 0.4) is 0 Å². The van der Waals surface area contributed by atoms with Gasteiger partial charge in [-0.3, -0.25) is 4.79 Å². The van der Waals surface area contributed by atoms with E-state index in [9.17, 15) is 4.79 Å². The number of rotatable bonds is 2. The van der Waals surface area contributed by atoms with Crippen molar-refractivity contribution in [2.45, 2.75) is 13.3 Å². The summed E-state index contributed by atoms with van der Waals surface area (Å²) < 4.78 is 4.34. The molecule has 0 amide bonds. The molecule has 0 bridgehead atoms. The van der Waals surface area contributed by atoms with Crippen LogP contribution < -0.4 is 0 Å². The highest BCUT2D eigenvalue weighted by Gasteiger charge is 1.91. The molecule has 0 atom stereocenters. The van der Waals surface area contributed by atoms with Crippen molar-refractivity contribution in [1.82, 2.24) is 0 Å². The second-order valence-electron chi connectivity index (χ2n) is 0.891. The molecular formula is C3H5O2PS. The van der Waals surface area contributed by atoms with E-state index in [1.165, 1.54) is 0 Å². The first-order chi connectivity index (χ1) is 3.31. The second-order valence-corrected chi connectivity index (χ2v) is 1.67. The number of carbonyl (C=O) groups excluding carboxylic acids is 1. The number of hydrogen-bond acceptors (Lipinski definition) is 3. The Morgan fingerprint density at radius 1 is 2.00 bits per heavy atom. The van der Waals surface area contributed by atoms with E-state index >= 15 is 0 Å². The van der Waals surface area contributed by atoms with E-state index < -0.39 is 0 Å². The molecule has 40 valence electrons. The highest BCUT2D eigenvalue weighted by atomic mass is 32.4. The van der Waals surface area contributed by atoms with E-state index in [-0.39, 0.29) is 13.6 Å². The third-order valence-corrected chi connectivity index (χ3v) is 0.930. The van der Waals surface area contributed by atoms with Crippen molar-refractivity contribution in [2.75, 3.05) is 0 Å². The third kappa shape index (κ3) is 3.83. The molecule has 7 heavy (non-hydrogen) atoms. The van der Waals surface area contributed by atoms with Crippen LogP contribution >= 0.6 is 7.58 Å². The summed E-state index contributed by atoms with van der Waals surface area (Å²) in [5.41, 5.74) is 0. The van der Waals surface area contributed by atoms with Crippen LogP contribution in [0.5, 0.6) is 0 Å². The SMILES string of the molecule is CCC(=O)OP=S. The third-order valence-electron chi connectivity index (χ3n) is 0.428. The van der Waals surface area contributed by atoms with Gasteiger partial charge in [0.1, 0.15) is 0 Å². The lowest BCUT2D eigenvalue weighted by Gasteiger charge is -1.85. The lowest BCUT2D eigenvalue weighted by molar-refractivity contribution is -0.132. The Hall–Kier alpha value is -0.0100. The van der Waals surface area contributed by atoms with Crippen LogP contribution in [0, 0.1) is 0 Å². The van der Waals surface area contributed by atoms with Crippen LogP contribution in [0.25, 0.3) is 0 Å². The summed E-state index contributed by atoms with van der Waals surface area (Å²) in [5, 5.41) is 0. The molecule has 0 unspecified atom stereocenters. The Balaban J connectivity index is 3.17. The molecule has 0 aromatic carbocycles. The molecule has 0 radical (unpaired) electrons. The molecule has 0 aromatic rings. The summed E-state index contributed by atoms with van der Waals surface area (Å²) >= 11 is 4.32. The first-order valence-corrected chi connectivity index (χ1v) is 3.66. The van der Waals surface area contributed by atoms with Gasteiger partial charge in [0.25, 0.3) is 0 Å². The van der Waals surface area contributed by atoms with Gasteiger partial charge in [-0.2, -0.15) is 0 Å². The highest BCUT2D eigenvalue weighted by Crippen LogP contribution is 1.96. The summed E-state index contributed by atoms with van der Waals surface area (Å²) in [6, 6.07) is 0. The van der Waals surface area contributed by atoms with Crippen LogP contribution in [0.4, 0.5) is 0 Å². The van der Waals surface area contributed by atoms with Crippen LogP contribution in [-0.2, 0) is 21.1 Å². The summed E-state index contributed by atoms with van der Waals surface area (Å²) in [6.45, 7) is 1.73. The molecule has 0 spiro atoms. The zero-order chi connectivity index (χ0) is 5.70. The summed E-state index contributed by atoms with van der Waals surface area (Å²) in [4.78, 5) is 10.1. The van der Waals surface area contributed by atoms with Crippen LogP contribution in [0.2, 0.25) is 0 Å². The van der Waals surface area contributed by atoms with Crippen molar-refractivity contribution in [3.8, 4) is 0 Å². The molecule has 0 heterocycles. The zero-order valence-electron chi connectivity index (χ0n) is 3.88. The van der Waals surface area contributed by atoms with Gasteiger partial charge in [0, 0.05) is 6.42 Å². The maximum Gasteiger partial charge on any atom is 0.314 e. The van der Waals surface area contributed by atoms with E-state index in [0.29, 0.717) is 6.42 Å². The number of hydrogen-bond donors (Lipinski definition) is 0. The fourth-order valence-electron chi connectivity index (χ4n) is 0.106. The molecule has 4 heteroatoms. The topological polar surface area (TPSA) is 26.3 Å². The largest absolute Gasteiger partial charge is 0.395 e. The van der Waals surface area contributed by atoms with E-state index in [1.807, 2.05) is 0 Å². The first kappa shape index (κ1) is 6.99. The summed E-state index contributed by atoms with van der Waals surface area (Å²) in [7, 11) is 0.273. The standard InChI is InChI=1S/C3H5O2PS/c1-2-3(4)5-6-7/h2H2,1H3. The molecule has 0 saturated heterocycles. The molecule has 0 aliphatic heterocycles. The smallest absolute Gasteiger partial charge is 0.314 e. The van der Waals surface area contributed by atoms with Crippen molar-refractivity contribution in [2.24, 2.45) is 0 Å². The fourth-order valence-corrected chi connectivity index (χ4v) is 0.568. The molecule has 0 saturated carbocycles. The summed E-state index contributed by atoms with van der Waals surface area (Å²) in [5.74, 6) is -0.239. The Labute approximate surface area is 48.8 Å². The van der Waals surface area contributed by atoms with Crippen LogP contribution in [-0.4, -0.2) is 5.97 Å². The molecule has 0 rings (SSSR count). The van der Waals surface area contributed by atoms with E-state index in [4.69, 9.17) is 0 Å². The molecule has 0 aliphatic carbocycles. The van der Waals surface area contributed by atoms with Gasteiger partial charge < -0.3 is 4.52 Å². The van der Waals surface area contributed by atoms with Gasteiger partial charge in [0.15, 0.2) is 0 Å². The Morgan fingerprint density at radius 2 is 2.57 bits per heavy atom. The average molecular weight is 136 g/mol. The van der Waals surface area contributed by atoms with Gasteiger partial charge in [-0.1, -0.05) is 6.92 Å². The molecular weight excluding hydrogens is 131 g/mol. The minimum Gasteiger partial charge on any atom is -0.395 e. The fraction of sp³-hybridized carbons (Fsp3) is 0.667. The maximum atomic E-state index is 10.1. The van der Waals surface area contributed by atoms with Gasteiger partial charge in [-0.05, 0) is 11.8 Å². The van der Waals surface area contributed by atoms with Gasteiger partial charge in [0.2, 0.25) is 7.58 Å². The van der Waals surface area contributed by atoms with Gasteiger partial charge in [-0.25, -0.2) is 0 Å². The van der Waals surface area contributed by atoms with Crippen molar-refractivity contribution in [3.63, 3.8) is 0 Å². The van der Waals surface area contributed by atoms with Crippen molar-refractivity contribution in [1.29, 1.82) is 0 Å². The Morgan fingerprint density at radius 3 is 2.71 bits per heavy atom. The van der Waals surface area contributed by atoms with Gasteiger partial charge >= 0.3 is 5.97 Å². The highest BCUT2D eigenvalue weighted by molar-refractivity contribution is 7.94. The molecule has 0 fully saturated rings. The van der Waals surface area contributed by atoms with Gasteiger partial charge in [-0.15, -0.1) is 0 Å². The van der Waals surface area contributed by atoms with Gasteiger partial charge in [0.05, 0.1) is 0 Å². The lowest BCUT2D eigenvalue weighted by Crippen LogP contribution is -1.90. The monoisotopic (exact) mass is 136 g/mol. The average Bonchev–Trinajstić information content (AvgIpc) is 1.68. The zero-order valence-corrected chi connectivity index (χ0v) is 5.59. The molecule has 0 aliphatic rings. The van der Waals surface area contributed by atoms with E-state index in [2.05, 4.69) is 16.3 Å². The first-order valence-electron chi connectivity index (χ1n) is 1.83. The van der Waals surface area contributed by atoms with Crippen molar-refractivity contribution in [3.05, 3.63) is 0 Å². The normalized spacial score (nSPS) is 8.71. The molecule has 2 nitrogen and oxygen atoms in total. The lowest BCUT2D eigenvalue weighted by atomic mass is 10.5. The van der Waals surface area contributed by atoms with Crippen molar-refractivity contribution >= 4 is 25.4 Å². The quantitative estimate of drug-likeness (QED) is 0.534. The number of carbonyl (C=O) groups is 1. The van der Waals surface area contributed by atoms with E-state index in [1.54, 1.807) is 6.92 Å². The Bertz CT molecular complexity index is 83.0. The predicted octanol–water partition coefficient (Wildman–Crippen LogP) is 1.26. The van der Waals surface area contributed by atoms with Crippen molar-refractivity contribution < 1.29 is 9.32 Å².